The maximum atomic E-state index is 6.58. The van der Waals surface area contributed by atoms with Gasteiger partial charge in [0.2, 0.25) is 0 Å². The number of rotatable bonds is 2. The first-order chi connectivity index (χ1) is 8.38. The fourth-order valence-electron chi connectivity index (χ4n) is 3.53. The van der Waals surface area contributed by atoms with Gasteiger partial charge in [0, 0.05) is 5.54 Å². The van der Waals surface area contributed by atoms with Crippen molar-refractivity contribution in [3.8, 4) is 0 Å². The SMILES string of the molecule is CC1CC(C)CC(N)(Cc2ccc(Cl)c(Cl)c2)C1. The third-order valence-corrected chi connectivity index (χ3v) is 4.59. The summed E-state index contributed by atoms with van der Waals surface area (Å²) in [7, 11) is 0. The van der Waals surface area contributed by atoms with E-state index in [1.807, 2.05) is 18.2 Å². The topological polar surface area (TPSA) is 26.0 Å². The first-order valence-corrected chi connectivity index (χ1v) is 7.36. The van der Waals surface area contributed by atoms with Gasteiger partial charge in [0.15, 0.2) is 0 Å². The van der Waals surface area contributed by atoms with Crippen molar-refractivity contribution in [3.05, 3.63) is 33.8 Å². The summed E-state index contributed by atoms with van der Waals surface area (Å²) in [5.74, 6) is 1.42. The van der Waals surface area contributed by atoms with E-state index in [0.29, 0.717) is 21.9 Å². The molecule has 0 spiro atoms. The Bertz CT molecular complexity index is 421. The van der Waals surface area contributed by atoms with Crippen molar-refractivity contribution >= 4 is 23.2 Å². The van der Waals surface area contributed by atoms with Crippen molar-refractivity contribution in [3.63, 3.8) is 0 Å². The van der Waals surface area contributed by atoms with E-state index in [4.69, 9.17) is 28.9 Å². The van der Waals surface area contributed by atoms with E-state index >= 15 is 0 Å². The minimum Gasteiger partial charge on any atom is -0.325 e. The molecular weight excluding hydrogens is 265 g/mol. The van der Waals surface area contributed by atoms with Crippen LogP contribution in [0.3, 0.4) is 0 Å². The molecule has 1 aromatic rings. The molecule has 1 saturated carbocycles. The van der Waals surface area contributed by atoms with Crippen molar-refractivity contribution in [2.45, 2.75) is 45.1 Å². The summed E-state index contributed by atoms with van der Waals surface area (Å²) in [5, 5.41) is 1.23. The molecule has 1 aromatic carbocycles. The lowest BCUT2D eigenvalue weighted by Crippen LogP contribution is -2.48. The van der Waals surface area contributed by atoms with E-state index in [0.717, 1.165) is 19.3 Å². The first-order valence-electron chi connectivity index (χ1n) is 6.61. The van der Waals surface area contributed by atoms with Gasteiger partial charge in [-0.15, -0.1) is 0 Å². The molecule has 2 unspecified atom stereocenters. The molecule has 0 bridgehead atoms. The Morgan fingerprint density at radius 3 is 2.33 bits per heavy atom. The molecule has 1 fully saturated rings. The molecule has 100 valence electrons. The van der Waals surface area contributed by atoms with Crippen molar-refractivity contribution in [2.75, 3.05) is 0 Å². The van der Waals surface area contributed by atoms with Gasteiger partial charge >= 0.3 is 0 Å². The minimum absolute atomic E-state index is 0.0890. The fourth-order valence-corrected chi connectivity index (χ4v) is 3.85. The zero-order valence-electron chi connectivity index (χ0n) is 11.0. The van der Waals surface area contributed by atoms with Gasteiger partial charge in [0.05, 0.1) is 10.0 Å². The lowest BCUT2D eigenvalue weighted by Gasteiger charge is -2.40. The standard InChI is InChI=1S/C15H21Cl2N/c1-10-5-11(2)8-15(18,7-10)9-12-3-4-13(16)14(17)6-12/h3-4,6,10-11H,5,7-9,18H2,1-2H3. The van der Waals surface area contributed by atoms with Crippen LogP contribution in [0, 0.1) is 11.8 Å². The second-order valence-corrected chi connectivity index (χ2v) is 6.96. The maximum absolute atomic E-state index is 6.58. The highest BCUT2D eigenvalue weighted by molar-refractivity contribution is 6.42. The molecule has 0 saturated heterocycles. The summed E-state index contributed by atoms with van der Waals surface area (Å²) in [5.41, 5.74) is 7.68. The van der Waals surface area contributed by atoms with Crippen LogP contribution < -0.4 is 5.73 Å². The number of hydrogen-bond acceptors (Lipinski definition) is 1. The third kappa shape index (κ3) is 3.40. The third-order valence-electron chi connectivity index (χ3n) is 3.85. The monoisotopic (exact) mass is 285 g/mol. The zero-order valence-corrected chi connectivity index (χ0v) is 12.6. The summed E-state index contributed by atoms with van der Waals surface area (Å²) >= 11 is 12.0. The Kier molecular flexibility index (Phi) is 4.25. The summed E-state index contributed by atoms with van der Waals surface area (Å²) in [6.07, 6.45) is 4.37. The average Bonchev–Trinajstić information content (AvgIpc) is 2.21. The summed E-state index contributed by atoms with van der Waals surface area (Å²) in [6, 6.07) is 5.84. The molecule has 0 radical (unpaired) electrons. The Hall–Kier alpha value is -0.240. The normalized spacial score (nSPS) is 32.5. The van der Waals surface area contributed by atoms with Gasteiger partial charge in [-0.1, -0.05) is 43.1 Å². The van der Waals surface area contributed by atoms with Gasteiger partial charge in [0.1, 0.15) is 0 Å². The number of benzene rings is 1. The zero-order chi connectivity index (χ0) is 13.3. The lowest BCUT2D eigenvalue weighted by atomic mass is 9.70. The van der Waals surface area contributed by atoms with Crippen LogP contribution in [0.2, 0.25) is 10.0 Å². The second kappa shape index (κ2) is 5.40. The highest BCUT2D eigenvalue weighted by atomic mass is 35.5. The van der Waals surface area contributed by atoms with Crippen LogP contribution in [-0.2, 0) is 6.42 Å². The van der Waals surface area contributed by atoms with Crippen LogP contribution in [0.4, 0.5) is 0 Å². The second-order valence-electron chi connectivity index (χ2n) is 6.14. The Morgan fingerprint density at radius 2 is 1.78 bits per heavy atom. The predicted molar refractivity (Wildman–Crippen MR) is 79.3 cm³/mol. The van der Waals surface area contributed by atoms with E-state index in [9.17, 15) is 0 Å². The van der Waals surface area contributed by atoms with Gasteiger partial charge in [0.25, 0.3) is 0 Å². The Morgan fingerprint density at radius 1 is 1.17 bits per heavy atom. The van der Waals surface area contributed by atoms with Crippen LogP contribution in [0.15, 0.2) is 18.2 Å². The van der Waals surface area contributed by atoms with E-state index in [-0.39, 0.29) is 5.54 Å². The number of nitrogens with two attached hydrogens (primary N) is 1. The Labute approximate surface area is 120 Å². The molecule has 3 heteroatoms. The smallest absolute Gasteiger partial charge is 0.0595 e. The first kappa shape index (κ1) is 14.2. The number of hydrogen-bond donors (Lipinski definition) is 1. The largest absolute Gasteiger partial charge is 0.325 e. The molecule has 0 aromatic heterocycles. The van der Waals surface area contributed by atoms with Crippen molar-refractivity contribution in [1.29, 1.82) is 0 Å². The molecule has 1 aliphatic carbocycles. The molecule has 2 rings (SSSR count). The minimum atomic E-state index is -0.0890. The molecule has 1 nitrogen and oxygen atoms in total. The number of halogens is 2. The van der Waals surface area contributed by atoms with Crippen molar-refractivity contribution in [1.82, 2.24) is 0 Å². The molecule has 0 amide bonds. The molecule has 0 heterocycles. The maximum Gasteiger partial charge on any atom is 0.0595 e. The van der Waals surface area contributed by atoms with Gasteiger partial charge < -0.3 is 5.73 Å². The van der Waals surface area contributed by atoms with Gasteiger partial charge in [-0.2, -0.15) is 0 Å². The summed E-state index contributed by atoms with van der Waals surface area (Å²) in [6.45, 7) is 4.60. The van der Waals surface area contributed by atoms with E-state index in [2.05, 4.69) is 13.8 Å². The molecular formula is C15H21Cl2N. The Balaban J connectivity index is 2.13. The van der Waals surface area contributed by atoms with E-state index in [1.165, 1.54) is 12.0 Å². The van der Waals surface area contributed by atoms with Gasteiger partial charge in [-0.05, 0) is 55.2 Å². The van der Waals surface area contributed by atoms with Crippen LogP contribution >= 0.6 is 23.2 Å². The van der Waals surface area contributed by atoms with Gasteiger partial charge in [-0.3, -0.25) is 0 Å². The highest BCUT2D eigenvalue weighted by Crippen LogP contribution is 2.37. The van der Waals surface area contributed by atoms with Crippen molar-refractivity contribution in [2.24, 2.45) is 17.6 Å². The lowest BCUT2D eigenvalue weighted by molar-refractivity contribution is 0.182. The van der Waals surface area contributed by atoms with Crippen molar-refractivity contribution < 1.29 is 0 Å². The highest BCUT2D eigenvalue weighted by Gasteiger charge is 2.34. The van der Waals surface area contributed by atoms with Gasteiger partial charge in [-0.25, -0.2) is 0 Å². The fraction of sp³-hybridized carbons (Fsp3) is 0.600. The van der Waals surface area contributed by atoms with Crippen LogP contribution in [0.1, 0.15) is 38.7 Å². The van der Waals surface area contributed by atoms with E-state index < -0.39 is 0 Å². The summed E-state index contributed by atoms with van der Waals surface area (Å²) < 4.78 is 0. The predicted octanol–water partition coefficient (Wildman–Crippen LogP) is 4.69. The molecule has 18 heavy (non-hydrogen) atoms. The molecule has 2 N–H and O–H groups in total. The van der Waals surface area contributed by atoms with Crippen LogP contribution in [0.25, 0.3) is 0 Å². The molecule has 1 aliphatic rings. The summed E-state index contributed by atoms with van der Waals surface area (Å²) in [4.78, 5) is 0. The van der Waals surface area contributed by atoms with Crippen LogP contribution in [0.5, 0.6) is 0 Å². The quantitative estimate of drug-likeness (QED) is 0.838. The molecule has 0 aliphatic heterocycles. The van der Waals surface area contributed by atoms with E-state index in [1.54, 1.807) is 0 Å². The molecule has 2 atom stereocenters. The van der Waals surface area contributed by atoms with Crippen LogP contribution in [-0.4, -0.2) is 5.54 Å². The average molecular weight is 286 g/mol.